The van der Waals surface area contributed by atoms with Gasteiger partial charge in [-0.05, 0) is 49.7 Å². The Morgan fingerprint density at radius 3 is 2.36 bits per heavy atom. The molecule has 3 aromatic rings. The van der Waals surface area contributed by atoms with Crippen molar-refractivity contribution >= 4 is 17.8 Å². The Balaban J connectivity index is 1.69. The van der Waals surface area contributed by atoms with E-state index in [1.165, 1.54) is 6.20 Å². The highest BCUT2D eigenvalue weighted by Crippen LogP contribution is 2.23. The van der Waals surface area contributed by atoms with Gasteiger partial charge in [-0.25, -0.2) is 9.78 Å². The van der Waals surface area contributed by atoms with E-state index in [1.807, 2.05) is 30.3 Å². The number of benzene rings is 2. The van der Waals surface area contributed by atoms with Gasteiger partial charge >= 0.3 is 6.03 Å². The van der Waals surface area contributed by atoms with Crippen molar-refractivity contribution < 1.29 is 14.3 Å². The monoisotopic (exact) mass is 376 g/mol. The van der Waals surface area contributed by atoms with E-state index < -0.39 is 11.9 Å². The first-order valence-corrected chi connectivity index (χ1v) is 8.64. The van der Waals surface area contributed by atoms with E-state index in [9.17, 15) is 9.59 Å². The summed E-state index contributed by atoms with van der Waals surface area (Å²) in [7, 11) is 1.61. The van der Waals surface area contributed by atoms with Crippen LogP contribution in [0.1, 0.15) is 21.6 Å². The van der Waals surface area contributed by atoms with Gasteiger partial charge in [-0.3, -0.25) is 20.4 Å². The van der Waals surface area contributed by atoms with Crippen LogP contribution in [0.4, 0.5) is 10.6 Å². The van der Waals surface area contributed by atoms with Crippen LogP contribution in [0.25, 0.3) is 11.3 Å². The number of ether oxygens (including phenoxy) is 1. The minimum absolute atomic E-state index is 0.254. The Morgan fingerprint density at radius 2 is 1.71 bits per heavy atom. The summed E-state index contributed by atoms with van der Waals surface area (Å²) in [6.45, 7) is 3.60. The first kappa shape index (κ1) is 19.0. The number of hydrogen-bond donors (Lipinski definition) is 2. The number of carbonyl (C=O) groups excluding carboxylic acids is 2. The van der Waals surface area contributed by atoms with Crippen molar-refractivity contribution in [2.75, 3.05) is 12.4 Å². The lowest BCUT2D eigenvalue weighted by Gasteiger charge is -2.10. The Hall–Kier alpha value is -3.74. The van der Waals surface area contributed by atoms with Crippen molar-refractivity contribution in [3.8, 4) is 17.0 Å². The van der Waals surface area contributed by atoms with Crippen LogP contribution in [0.5, 0.6) is 5.75 Å². The summed E-state index contributed by atoms with van der Waals surface area (Å²) in [6, 6.07) is 13.8. The zero-order valence-corrected chi connectivity index (χ0v) is 15.8. The molecule has 0 aliphatic rings. The van der Waals surface area contributed by atoms with Gasteiger partial charge in [0.1, 0.15) is 5.75 Å². The zero-order chi connectivity index (χ0) is 20.1. The van der Waals surface area contributed by atoms with Gasteiger partial charge in [0, 0.05) is 11.1 Å². The van der Waals surface area contributed by atoms with Gasteiger partial charge in [0.15, 0.2) is 5.82 Å². The van der Waals surface area contributed by atoms with Crippen LogP contribution in [0.15, 0.2) is 54.7 Å². The van der Waals surface area contributed by atoms with Gasteiger partial charge in [0.25, 0.3) is 5.91 Å². The maximum Gasteiger partial charge on any atom is 0.327 e. The van der Waals surface area contributed by atoms with Crippen LogP contribution in [-0.2, 0) is 0 Å². The molecule has 2 aromatic carbocycles. The van der Waals surface area contributed by atoms with Crippen molar-refractivity contribution in [3.63, 3.8) is 0 Å². The van der Waals surface area contributed by atoms with Crippen molar-refractivity contribution in [2.24, 2.45) is 0 Å². The number of amides is 3. The van der Waals surface area contributed by atoms with E-state index in [-0.39, 0.29) is 5.82 Å². The number of nitrogens with zero attached hydrogens (tertiary/aromatic N) is 2. The number of urea groups is 1. The molecule has 28 heavy (non-hydrogen) atoms. The van der Waals surface area contributed by atoms with E-state index in [0.29, 0.717) is 17.0 Å². The normalized spacial score (nSPS) is 10.2. The highest BCUT2D eigenvalue weighted by molar-refractivity contribution is 6.08. The second-order valence-corrected chi connectivity index (χ2v) is 6.14. The molecule has 1 aromatic heterocycles. The average Bonchev–Trinajstić information content (AvgIpc) is 2.68. The molecular weight excluding hydrogens is 356 g/mol. The number of nitrogens with one attached hydrogen (secondary N) is 2. The molecule has 3 amide bonds. The molecule has 142 valence electrons. The van der Waals surface area contributed by atoms with Crippen molar-refractivity contribution in [3.05, 3.63) is 71.5 Å². The minimum atomic E-state index is -0.667. The lowest BCUT2D eigenvalue weighted by molar-refractivity contribution is 0.0966. The molecule has 7 heteroatoms. The smallest absolute Gasteiger partial charge is 0.327 e. The molecule has 0 radical (unpaired) electrons. The molecule has 0 bridgehead atoms. The van der Waals surface area contributed by atoms with Gasteiger partial charge < -0.3 is 4.74 Å². The summed E-state index contributed by atoms with van der Waals surface area (Å²) < 4.78 is 5.15. The summed E-state index contributed by atoms with van der Waals surface area (Å²) in [5, 5.41) is 4.83. The third-order valence-corrected chi connectivity index (χ3v) is 4.17. The van der Waals surface area contributed by atoms with Gasteiger partial charge in [-0.2, -0.15) is 0 Å². The molecule has 1 heterocycles. The standard InChI is InChI=1S/C21H20N4O3/c1-13-6-4-5-7-17(13)20(26)25-21(27)24-18-12-22-19(14(2)23-18)15-8-10-16(28-3)11-9-15/h4-12H,1-3H3,(H2,23,24,25,26,27). The van der Waals surface area contributed by atoms with Gasteiger partial charge in [0.05, 0.1) is 24.7 Å². The van der Waals surface area contributed by atoms with Crippen molar-refractivity contribution in [2.45, 2.75) is 13.8 Å². The van der Waals surface area contributed by atoms with Crippen molar-refractivity contribution in [1.82, 2.24) is 15.3 Å². The van der Waals surface area contributed by atoms with E-state index in [4.69, 9.17) is 4.74 Å². The molecule has 0 aliphatic carbocycles. The molecule has 3 rings (SSSR count). The lowest BCUT2D eigenvalue weighted by atomic mass is 10.1. The highest BCUT2D eigenvalue weighted by atomic mass is 16.5. The zero-order valence-electron chi connectivity index (χ0n) is 15.8. The lowest BCUT2D eigenvalue weighted by Crippen LogP contribution is -2.35. The Labute approximate surface area is 162 Å². The van der Waals surface area contributed by atoms with Gasteiger partial charge in [-0.1, -0.05) is 18.2 Å². The Morgan fingerprint density at radius 1 is 1.00 bits per heavy atom. The fourth-order valence-electron chi connectivity index (χ4n) is 2.72. The second kappa shape index (κ2) is 8.30. The summed E-state index contributed by atoms with van der Waals surface area (Å²) in [6.07, 6.45) is 1.45. The predicted molar refractivity (Wildman–Crippen MR) is 106 cm³/mol. The van der Waals surface area contributed by atoms with Crippen LogP contribution < -0.4 is 15.4 Å². The number of rotatable bonds is 4. The van der Waals surface area contributed by atoms with Crippen LogP contribution in [-0.4, -0.2) is 29.0 Å². The maximum absolute atomic E-state index is 12.2. The number of imide groups is 1. The topological polar surface area (TPSA) is 93.2 Å². The first-order valence-electron chi connectivity index (χ1n) is 8.64. The molecule has 0 saturated heterocycles. The van der Waals surface area contributed by atoms with Crippen LogP contribution in [0.3, 0.4) is 0 Å². The highest BCUT2D eigenvalue weighted by Gasteiger charge is 2.14. The Bertz CT molecular complexity index is 1020. The quantitative estimate of drug-likeness (QED) is 0.724. The fourth-order valence-corrected chi connectivity index (χ4v) is 2.72. The molecule has 7 nitrogen and oxygen atoms in total. The van der Waals surface area contributed by atoms with Crippen LogP contribution >= 0.6 is 0 Å². The predicted octanol–water partition coefficient (Wildman–Crippen LogP) is 3.73. The molecule has 0 fully saturated rings. The van der Waals surface area contributed by atoms with E-state index >= 15 is 0 Å². The molecule has 0 aliphatic heterocycles. The van der Waals surface area contributed by atoms with Gasteiger partial charge in [0.2, 0.25) is 0 Å². The SMILES string of the molecule is COc1ccc(-c2ncc(NC(=O)NC(=O)c3ccccc3C)nc2C)cc1. The fraction of sp³-hybridized carbons (Fsp3) is 0.143. The molecule has 0 unspecified atom stereocenters. The van der Waals surface area contributed by atoms with Gasteiger partial charge in [-0.15, -0.1) is 0 Å². The molecule has 0 saturated carbocycles. The summed E-state index contributed by atoms with van der Waals surface area (Å²) in [5.74, 6) is 0.530. The largest absolute Gasteiger partial charge is 0.497 e. The number of aryl methyl sites for hydroxylation is 2. The molecule has 0 spiro atoms. The van der Waals surface area contributed by atoms with Crippen LogP contribution in [0, 0.1) is 13.8 Å². The second-order valence-electron chi connectivity index (χ2n) is 6.14. The maximum atomic E-state index is 12.2. The molecule has 0 atom stereocenters. The average molecular weight is 376 g/mol. The third-order valence-electron chi connectivity index (χ3n) is 4.17. The summed E-state index contributed by atoms with van der Waals surface area (Å²) in [4.78, 5) is 33.1. The van der Waals surface area contributed by atoms with E-state index in [1.54, 1.807) is 39.2 Å². The van der Waals surface area contributed by atoms with Crippen molar-refractivity contribution in [1.29, 1.82) is 0 Å². The number of hydrogen-bond acceptors (Lipinski definition) is 5. The van der Waals surface area contributed by atoms with E-state index in [2.05, 4.69) is 20.6 Å². The number of methoxy groups -OCH3 is 1. The number of aromatic nitrogens is 2. The summed E-state index contributed by atoms with van der Waals surface area (Å²) in [5.41, 5.74) is 3.45. The third kappa shape index (κ3) is 4.32. The Kier molecular flexibility index (Phi) is 5.64. The summed E-state index contributed by atoms with van der Waals surface area (Å²) >= 11 is 0. The van der Waals surface area contributed by atoms with E-state index in [0.717, 1.165) is 16.9 Å². The number of anilines is 1. The molecule has 2 N–H and O–H groups in total. The number of carbonyl (C=O) groups is 2. The van der Waals surface area contributed by atoms with Crippen LogP contribution in [0.2, 0.25) is 0 Å². The molecular formula is C21H20N4O3. The minimum Gasteiger partial charge on any atom is -0.497 e. The first-order chi connectivity index (χ1) is 13.5.